The molecule has 0 heterocycles. The summed E-state index contributed by atoms with van der Waals surface area (Å²) in [5.74, 6) is 0. The zero-order chi connectivity index (χ0) is 18.8. The minimum absolute atomic E-state index is 1.11. The van der Waals surface area contributed by atoms with Gasteiger partial charge in [0.1, 0.15) is 0 Å². The van der Waals surface area contributed by atoms with Gasteiger partial charge in [0, 0.05) is 8.07 Å². The van der Waals surface area contributed by atoms with Gasteiger partial charge in [-0.25, -0.2) is 0 Å². The largest absolute Gasteiger partial charge is 0.433 e. The third-order valence-electron chi connectivity index (χ3n) is 3.29. The van der Waals surface area contributed by atoms with Crippen molar-refractivity contribution in [3.8, 4) is 0 Å². The summed E-state index contributed by atoms with van der Waals surface area (Å²) in [4.78, 5) is 0. The Hall–Kier alpha value is -0.252. The van der Waals surface area contributed by atoms with E-state index in [1.54, 1.807) is 0 Å². The average Bonchev–Trinajstić information content (AvgIpc) is 2.32. The maximum atomic E-state index is 6.94. The molecule has 0 aromatic heterocycles. The molecule has 0 radical (unpaired) electrons. The summed E-state index contributed by atoms with van der Waals surface area (Å²) >= 11 is 0. The molecule has 1 aromatic carbocycles. The van der Waals surface area contributed by atoms with Crippen LogP contribution in [0.4, 0.5) is 0 Å². The second-order valence-corrected chi connectivity index (χ2v) is 28.4. The molecule has 0 unspecified atom stereocenters. The SMILES string of the molecule is C=Cc1ccc([Si](C[Si](C)(C)C)(O[Si](C)(C)C)O[Si](C)(C)C)cc1. The van der Waals surface area contributed by atoms with E-state index in [1.165, 1.54) is 5.19 Å². The third-order valence-corrected chi connectivity index (χ3v) is 18.1. The lowest BCUT2D eigenvalue weighted by Gasteiger charge is -2.43. The lowest BCUT2D eigenvalue weighted by atomic mass is 10.2. The van der Waals surface area contributed by atoms with E-state index in [1.807, 2.05) is 6.08 Å². The van der Waals surface area contributed by atoms with E-state index in [2.05, 4.69) is 89.8 Å². The summed E-state index contributed by atoms with van der Waals surface area (Å²) in [6.07, 6.45) is 1.89. The molecule has 0 fully saturated rings. The first-order valence-electron chi connectivity index (χ1n) is 8.79. The lowest BCUT2D eigenvalue weighted by Crippen LogP contribution is -2.64. The molecule has 0 amide bonds. The van der Waals surface area contributed by atoms with E-state index >= 15 is 0 Å². The molecule has 1 aromatic rings. The lowest BCUT2D eigenvalue weighted by molar-refractivity contribution is 0.400. The molecule has 0 aliphatic carbocycles. The molecule has 0 spiro atoms. The summed E-state index contributed by atoms with van der Waals surface area (Å²) in [5.41, 5.74) is 2.26. The van der Waals surface area contributed by atoms with Crippen molar-refractivity contribution in [3.05, 3.63) is 36.4 Å². The predicted octanol–water partition coefficient (Wildman–Crippen LogP) is 5.56. The van der Waals surface area contributed by atoms with Gasteiger partial charge in [-0.1, -0.05) is 56.6 Å². The van der Waals surface area contributed by atoms with Crippen LogP contribution in [0.5, 0.6) is 0 Å². The quantitative estimate of drug-likeness (QED) is 0.536. The van der Waals surface area contributed by atoms with Gasteiger partial charge in [0.2, 0.25) is 0 Å². The molecule has 0 N–H and O–H groups in total. The van der Waals surface area contributed by atoms with Gasteiger partial charge in [-0.2, -0.15) is 0 Å². The summed E-state index contributed by atoms with van der Waals surface area (Å²) in [7, 11) is -7.30. The monoisotopic (exact) mass is 396 g/mol. The van der Waals surface area contributed by atoms with Crippen LogP contribution in [0.25, 0.3) is 6.08 Å². The first kappa shape index (κ1) is 21.8. The molecule has 24 heavy (non-hydrogen) atoms. The van der Waals surface area contributed by atoms with Crippen molar-refractivity contribution in [2.45, 2.75) is 64.6 Å². The van der Waals surface area contributed by atoms with E-state index < -0.39 is 33.3 Å². The summed E-state index contributed by atoms with van der Waals surface area (Å²) in [6, 6.07) is 8.75. The highest BCUT2D eigenvalue weighted by Gasteiger charge is 2.49. The fourth-order valence-corrected chi connectivity index (χ4v) is 21.2. The van der Waals surface area contributed by atoms with Crippen molar-refractivity contribution in [2.75, 3.05) is 0 Å². The minimum atomic E-state index is -2.46. The zero-order valence-corrected chi connectivity index (χ0v) is 21.1. The molecule has 0 atom stereocenters. The zero-order valence-electron chi connectivity index (χ0n) is 17.1. The van der Waals surface area contributed by atoms with Crippen LogP contribution in [0.15, 0.2) is 30.8 Å². The topological polar surface area (TPSA) is 18.5 Å². The number of rotatable bonds is 8. The highest BCUT2D eigenvalue weighted by Crippen LogP contribution is 2.29. The van der Waals surface area contributed by atoms with Crippen LogP contribution in [0.3, 0.4) is 0 Å². The highest BCUT2D eigenvalue weighted by molar-refractivity contribution is 7.02. The Morgan fingerprint density at radius 3 is 1.50 bits per heavy atom. The van der Waals surface area contributed by atoms with Crippen LogP contribution in [0.2, 0.25) is 64.6 Å². The summed E-state index contributed by atoms with van der Waals surface area (Å²) in [5, 5.41) is 1.29. The average molecular weight is 397 g/mol. The fourth-order valence-electron chi connectivity index (χ4n) is 2.87. The first-order chi connectivity index (χ1) is 10.7. The maximum absolute atomic E-state index is 6.94. The minimum Gasteiger partial charge on any atom is -0.433 e. The molecule has 0 saturated heterocycles. The molecular formula is C18H36O2Si4. The molecule has 1 rings (SSSR count). The molecular weight excluding hydrogens is 361 g/mol. The van der Waals surface area contributed by atoms with Crippen LogP contribution in [0.1, 0.15) is 5.56 Å². The number of hydrogen-bond donors (Lipinski definition) is 0. The molecule has 0 aliphatic heterocycles. The van der Waals surface area contributed by atoms with Gasteiger partial charge in [-0.3, -0.25) is 0 Å². The van der Waals surface area contributed by atoms with Crippen LogP contribution in [-0.2, 0) is 8.23 Å². The molecule has 2 nitrogen and oxygen atoms in total. The second kappa shape index (κ2) is 7.55. The summed E-state index contributed by atoms with van der Waals surface area (Å²) in [6.45, 7) is 24.8. The normalized spacial score (nSPS) is 13.9. The van der Waals surface area contributed by atoms with Gasteiger partial charge in [0.15, 0.2) is 16.6 Å². The molecule has 0 saturated carbocycles. The van der Waals surface area contributed by atoms with Gasteiger partial charge >= 0.3 is 8.56 Å². The van der Waals surface area contributed by atoms with Crippen LogP contribution in [-0.4, -0.2) is 33.3 Å². The number of hydrogen-bond acceptors (Lipinski definition) is 2. The van der Waals surface area contributed by atoms with Gasteiger partial charge in [0.05, 0.1) is 0 Å². The Bertz CT molecular complexity index is 508. The Kier molecular flexibility index (Phi) is 6.86. The predicted molar refractivity (Wildman–Crippen MR) is 119 cm³/mol. The second-order valence-electron chi connectivity index (χ2n) is 9.75. The van der Waals surface area contributed by atoms with Crippen LogP contribution in [0, 0.1) is 0 Å². The first-order valence-corrected chi connectivity index (χ1v) is 21.3. The molecule has 0 aliphatic rings. The van der Waals surface area contributed by atoms with E-state index in [0.717, 1.165) is 11.2 Å². The van der Waals surface area contributed by atoms with Crippen molar-refractivity contribution in [3.63, 3.8) is 0 Å². The Labute approximate surface area is 153 Å². The smallest absolute Gasteiger partial charge is 0.349 e. The van der Waals surface area contributed by atoms with Gasteiger partial charge in [-0.15, -0.1) is 0 Å². The van der Waals surface area contributed by atoms with Crippen molar-refractivity contribution >= 4 is 44.5 Å². The van der Waals surface area contributed by atoms with Crippen molar-refractivity contribution in [1.29, 1.82) is 0 Å². The van der Waals surface area contributed by atoms with Gasteiger partial charge < -0.3 is 8.23 Å². The van der Waals surface area contributed by atoms with Gasteiger partial charge in [0.25, 0.3) is 0 Å². The molecule has 6 heteroatoms. The summed E-state index contributed by atoms with van der Waals surface area (Å²) < 4.78 is 13.9. The Morgan fingerprint density at radius 1 is 0.792 bits per heavy atom. The molecule has 136 valence electrons. The highest BCUT2D eigenvalue weighted by atomic mass is 28.5. The van der Waals surface area contributed by atoms with Crippen molar-refractivity contribution in [2.24, 2.45) is 0 Å². The van der Waals surface area contributed by atoms with Gasteiger partial charge in [-0.05, 0) is 55.7 Å². The van der Waals surface area contributed by atoms with E-state index in [4.69, 9.17) is 8.23 Å². The van der Waals surface area contributed by atoms with E-state index in [-0.39, 0.29) is 0 Å². The number of benzene rings is 1. The fraction of sp³-hybridized carbons (Fsp3) is 0.556. The van der Waals surface area contributed by atoms with Crippen LogP contribution >= 0.6 is 0 Å². The van der Waals surface area contributed by atoms with Crippen LogP contribution < -0.4 is 5.19 Å². The maximum Gasteiger partial charge on any atom is 0.349 e. The van der Waals surface area contributed by atoms with E-state index in [9.17, 15) is 0 Å². The van der Waals surface area contributed by atoms with E-state index in [0.29, 0.717) is 0 Å². The van der Waals surface area contributed by atoms with Crippen molar-refractivity contribution in [1.82, 2.24) is 0 Å². The standard InChI is InChI=1S/C18H36O2Si4/c1-11-17-12-14-18(15-13-17)24(16-21(2,3)4,19-22(5,6)7)20-23(8,9)10/h11-15H,1,16H2,2-10H3. The third kappa shape index (κ3) is 7.33. The van der Waals surface area contributed by atoms with Crippen molar-refractivity contribution < 1.29 is 8.23 Å². The Balaban J connectivity index is 3.49. The Morgan fingerprint density at radius 2 is 1.21 bits per heavy atom. The molecule has 0 bridgehead atoms.